The second-order valence-corrected chi connectivity index (χ2v) is 5.01. The van der Waals surface area contributed by atoms with Gasteiger partial charge in [0.2, 0.25) is 0 Å². The predicted octanol–water partition coefficient (Wildman–Crippen LogP) is 6.39. The van der Waals surface area contributed by atoms with Crippen LogP contribution in [0.2, 0.25) is 0 Å². The van der Waals surface area contributed by atoms with E-state index in [0.717, 1.165) is 0 Å². The van der Waals surface area contributed by atoms with Crippen LogP contribution in [0.3, 0.4) is 0 Å². The fraction of sp³-hybridized carbons (Fsp3) is 1.00. The first-order valence-electron chi connectivity index (χ1n) is 8.23. The van der Waals surface area contributed by atoms with Gasteiger partial charge in [0.05, 0.1) is 0 Å². The first-order valence-corrected chi connectivity index (χ1v) is 9.17. The third kappa shape index (κ3) is 21.6. The summed E-state index contributed by atoms with van der Waals surface area (Å²) in [6.45, 7) is 17.3. The second kappa shape index (κ2) is 26.0. The van der Waals surface area contributed by atoms with E-state index in [1.54, 1.807) is 0 Å². The summed E-state index contributed by atoms with van der Waals surface area (Å²) in [7, 11) is 0. The number of unbranched alkanes of at least 4 members (excludes halogenated alkanes) is 3. The molecule has 0 aromatic rings. The van der Waals surface area contributed by atoms with Gasteiger partial charge in [-0.05, 0) is 19.3 Å². The van der Waals surface area contributed by atoms with Crippen molar-refractivity contribution in [3.05, 3.63) is 0 Å². The van der Waals surface area contributed by atoms with Crippen molar-refractivity contribution in [2.24, 2.45) is 0 Å². The minimum atomic E-state index is 1.26. The molecule has 2 heteroatoms. The van der Waals surface area contributed by atoms with Gasteiger partial charge in [-0.25, -0.2) is 0 Å². The number of rotatable bonds is 10. The minimum absolute atomic E-state index is 1.26. The summed E-state index contributed by atoms with van der Waals surface area (Å²) >= 11 is 2.06. The van der Waals surface area contributed by atoms with Crippen LogP contribution in [-0.4, -0.2) is 23.1 Å². The molecule has 18 heavy (non-hydrogen) atoms. The predicted molar refractivity (Wildman–Crippen MR) is 91.5 cm³/mol. The molecule has 0 aliphatic rings. The fourth-order valence-electron chi connectivity index (χ4n) is 1.37. The van der Waals surface area contributed by atoms with E-state index >= 15 is 0 Å². The van der Waals surface area contributed by atoms with Crippen molar-refractivity contribution in [3.8, 4) is 0 Å². The number of nitrogens with zero attached hydrogens (tertiary/aromatic N) is 1. The highest BCUT2D eigenvalue weighted by Crippen LogP contribution is 2.14. The zero-order valence-electron chi connectivity index (χ0n) is 14.2. The lowest BCUT2D eigenvalue weighted by Gasteiger charge is -2.19. The van der Waals surface area contributed by atoms with Crippen LogP contribution in [0.4, 0.5) is 0 Å². The van der Waals surface area contributed by atoms with Crippen molar-refractivity contribution in [1.29, 1.82) is 0 Å². The van der Waals surface area contributed by atoms with Gasteiger partial charge in [0.1, 0.15) is 0 Å². The minimum Gasteiger partial charge on any atom is -0.251 e. The fourth-order valence-corrected chi connectivity index (χ4v) is 2.53. The molecule has 0 bridgehead atoms. The van der Waals surface area contributed by atoms with Crippen LogP contribution < -0.4 is 0 Å². The summed E-state index contributed by atoms with van der Waals surface area (Å²) in [5, 5.41) is 0. The molecule has 0 heterocycles. The Kier molecular flexibility index (Phi) is 33.8. The lowest BCUT2D eigenvalue weighted by Crippen LogP contribution is -2.18. The molecule has 0 spiro atoms. The monoisotopic (exact) mass is 277 g/mol. The van der Waals surface area contributed by atoms with Crippen LogP contribution >= 0.6 is 11.9 Å². The Morgan fingerprint density at radius 1 is 0.667 bits per heavy atom. The quantitative estimate of drug-likeness (QED) is 0.336. The zero-order chi connectivity index (χ0) is 14.6. The maximum Gasteiger partial charge on any atom is 0.00892 e. The molecule has 0 N–H and O–H groups in total. The zero-order valence-corrected chi connectivity index (χ0v) is 15.0. The first-order chi connectivity index (χ1) is 8.85. The van der Waals surface area contributed by atoms with Crippen LogP contribution in [0.15, 0.2) is 0 Å². The molecule has 114 valence electrons. The van der Waals surface area contributed by atoms with Gasteiger partial charge in [0, 0.05) is 18.8 Å². The molecular formula is C16H39NS. The number of hydrogen-bond acceptors (Lipinski definition) is 2. The van der Waals surface area contributed by atoms with E-state index in [9.17, 15) is 0 Å². The first kappa shape index (κ1) is 23.4. The molecule has 0 aromatic carbocycles. The molecule has 0 amide bonds. The highest BCUT2D eigenvalue weighted by atomic mass is 32.2. The molecule has 1 nitrogen and oxygen atoms in total. The molecule has 0 saturated heterocycles. The summed E-state index contributed by atoms with van der Waals surface area (Å²) < 4.78 is 2.55. The van der Waals surface area contributed by atoms with Crippen LogP contribution in [0.1, 0.15) is 87.0 Å². The largest absolute Gasteiger partial charge is 0.251 e. The van der Waals surface area contributed by atoms with Crippen LogP contribution in [0, 0.1) is 0 Å². The summed E-state index contributed by atoms with van der Waals surface area (Å²) in [6, 6.07) is 0. The Bertz CT molecular complexity index is 107. The molecule has 0 unspecified atom stereocenters. The van der Waals surface area contributed by atoms with E-state index in [1.165, 1.54) is 57.4 Å². The molecule has 0 aromatic heterocycles. The Morgan fingerprint density at radius 2 is 1.22 bits per heavy atom. The van der Waals surface area contributed by atoms with Crippen molar-refractivity contribution in [2.75, 3.05) is 18.8 Å². The average Bonchev–Trinajstić information content (AvgIpc) is 2.45. The summed E-state index contributed by atoms with van der Waals surface area (Å²) in [6.07, 6.45) is 8.05. The van der Waals surface area contributed by atoms with Crippen molar-refractivity contribution < 1.29 is 0 Å². The topological polar surface area (TPSA) is 3.24 Å². The molecule has 0 saturated carbocycles. The summed E-state index contributed by atoms with van der Waals surface area (Å²) in [5.41, 5.74) is 0. The van der Waals surface area contributed by atoms with Gasteiger partial charge in [-0.15, -0.1) is 0 Å². The van der Waals surface area contributed by atoms with E-state index in [-0.39, 0.29) is 0 Å². The van der Waals surface area contributed by atoms with E-state index in [0.29, 0.717) is 0 Å². The molecule has 0 aliphatic carbocycles. The third-order valence-corrected chi connectivity index (χ3v) is 3.46. The van der Waals surface area contributed by atoms with Crippen molar-refractivity contribution in [1.82, 2.24) is 4.31 Å². The average molecular weight is 278 g/mol. The van der Waals surface area contributed by atoms with Crippen LogP contribution in [-0.2, 0) is 0 Å². The highest BCUT2D eigenvalue weighted by Gasteiger charge is 2.02. The Labute approximate surface area is 122 Å². The van der Waals surface area contributed by atoms with Crippen LogP contribution in [0.25, 0.3) is 0 Å². The van der Waals surface area contributed by atoms with Gasteiger partial charge in [-0.1, -0.05) is 79.7 Å². The van der Waals surface area contributed by atoms with Crippen LogP contribution in [0.5, 0.6) is 0 Å². The SMILES string of the molecule is CC.CC.CCCCCSN(CCC)CCCC. The summed E-state index contributed by atoms with van der Waals surface area (Å²) in [5.74, 6) is 1.32. The van der Waals surface area contributed by atoms with Gasteiger partial charge in [0.15, 0.2) is 0 Å². The van der Waals surface area contributed by atoms with E-state index < -0.39 is 0 Å². The standard InChI is InChI=1S/C12H27NS.2C2H6/c1-4-7-9-12-14-13(10-6-3)11-8-5-2;2*1-2/h4-12H2,1-3H3;2*1-2H3. The molecule has 0 aliphatic heterocycles. The number of hydrogen-bond donors (Lipinski definition) is 0. The van der Waals surface area contributed by atoms with Gasteiger partial charge in [0.25, 0.3) is 0 Å². The molecule has 0 rings (SSSR count). The summed E-state index contributed by atoms with van der Waals surface area (Å²) in [4.78, 5) is 0. The normalized spacial score (nSPS) is 9.33. The molecule has 0 atom stereocenters. The Morgan fingerprint density at radius 3 is 1.67 bits per heavy atom. The lowest BCUT2D eigenvalue weighted by atomic mass is 10.3. The van der Waals surface area contributed by atoms with E-state index in [1.807, 2.05) is 27.7 Å². The van der Waals surface area contributed by atoms with Gasteiger partial charge < -0.3 is 0 Å². The van der Waals surface area contributed by atoms with E-state index in [4.69, 9.17) is 0 Å². The smallest absolute Gasteiger partial charge is 0.00892 e. The lowest BCUT2D eigenvalue weighted by molar-refractivity contribution is 0.454. The van der Waals surface area contributed by atoms with Crippen molar-refractivity contribution >= 4 is 11.9 Å². The third-order valence-electron chi connectivity index (χ3n) is 2.26. The highest BCUT2D eigenvalue weighted by molar-refractivity contribution is 7.97. The Balaban J connectivity index is -0.000000506. The maximum atomic E-state index is 2.55. The molecule has 0 fully saturated rings. The molecular weight excluding hydrogens is 238 g/mol. The van der Waals surface area contributed by atoms with Crippen molar-refractivity contribution in [3.63, 3.8) is 0 Å². The maximum absolute atomic E-state index is 2.55. The van der Waals surface area contributed by atoms with Crippen molar-refractivity contribution in [2.45, 2.75) is 87.0 Å². The van der Waals surface area contributed by atoms with Gasteiger partial charge >= 0.3 is 0 Å². The van der Waals surface area contributed by atoms with E-state index in [2.05, 4.69) is 37.0 Å². The molecule has 0 radical (unpaired) electrons. The second-order valence-electron chi connectivity index (χ2n) is 3.82. The van der Waals surface area contributed by atoms with Gasteiger partial charge in [-0.2, -0.15) is 0 Å². The van der Waals surface area contributed by atoms with Gasteiger partial charge in [-0.3, -0.25) is 4.31 Å². The Hall–Kier alpha value is 0.310.